The molecule has 1 aromatic carbocycles. The van der Waals surface area contributed by atoms with Gasteiger partial charge in [0.1, 0.15) is 0 Å². The van der Waals surface area contributed by atoms with E-state index < -0.39 is 0 Å². The van der Waals surface area contributed by atoms with Gasteiger partial charge < -0.3 is 0 Å². The summed E-state index contributed by atoms with van der Waals surface area (Å²) in [7, 11) is 0. The summed E-state index contributed by atoms with van der Waals surface area (Å²) in [6.07, 6.45) is 1.06. The number of alkyl halides is 1. The minimum absolute atomic E-state index is 0.617. The minimum atomic E-state index is 0.617. The second-order valence-electron chi connectivity index (χ2n) is 3.23. The second kappa shape index (κ2) is 6.60. The Morgan fingerprint density at radius 2 is 2.21 bits per heavy atom. The smallest absolute Gasteiger partial charge is 0.0409 e. The molecular weight excluding hydrogens is 235 g/mol. The van der Waals surface area contributed by atoms with E-state index in [4.69, 9.17) is 23.2 Å². The Balaban J connectivity index is 2.37. The topological polar surface area (TPSA) is 0 Å². The van der Waals surface area contributed by atoms with Gasteiger partial charge in [-0.3, -0.25) is 0 Å². The lowest BCUT2D eigenvalue weighted by Gasteiger charge is -2.08. The van der Waals surface area contributed by atoms with Crippen molar-refractivity contribution in [2.75, 3.05) is 5.88 Å². The highest BCUT2D eigenvalue weighted by atomic mass is 35.5. The highest BCUT2D eigenvalue weighted by molar-refractivity contribution is 7.99. The van der Waals surface area contributed by atoms with Crippen LogP contribution in [0.1, 0.15) is 18.9 Å². The highest BCUT2D eigenvalue weighted by Gasteiger charge is 2.02. The Labute approximate surface area is 100.0 Å². The van der Waals surface area contributed by atoms with Crippen LogP contribution in [0.2, 0.25) is 5.02 Å². The van der Waals surface area contributed by atoms with Crippen LogP contribution in [0.4, 0.5) is 0 Å². The molecule has 1 aromatic rings. The van der Waals surface area contributed by atoms with Gasteiger partial charge in [-0.15, -0.1) is 11.6 Å². The molecule has 0 aliphatic rings. The van der Waals surface area contributed by atoms with Crippen molar-refractivity contribution in [1.82, 2.24) is 0 Å². The van der Waals surface area contributed by atoms with Crippen LogP contribution in [-0.4, -0.2) is 11.1 Å². The van der Waals surface area contributed by atoms with Crippen LogP contribution in [0.3, 0.4) is 0 Å². The summed E-state index contributed by atoms with van der Waals surface area (Å²) >= 11 is 13.5. The Morgan fingerprint density at radius 1 is 1.43 bits per heavy atom. The number of hydrogen-bond acceptors (Lipinski definition) is 1. The third-order valence-corrected chi connectivity index (χ3v) is 3.70. The van der Waals surface area contributed by atoms with Crippen LogP contribution < -0.4 is 0 Å². The van der Waals surface area contributed by atoms with E-state index in [1.54, 1.807) is 0 Å². The monoisotopic (exact) mass is 248 g/mol. The molecule has 0 saturated heterocycles. The van der Waals surface area contributed by atoms with Crippen LogP contribution >= 0.6 is 35.0 Å². The van der Waals surface area contributed by atoms with Gasteiger partial charge in [0.05, 0.1) is 0 Å². The van der Waals surface area contributed by atoms with Crippen molar-refractivity contribution in [2.24, 2.45) is 0 Å². The lowest BCUT2D eigenvalue weighted by molar-refractivity contribution is 0.912. The zero-order valence-electron chi connectivity index (χ0n) is 8.17. The van der Waals surface area contributed by atoms with Crippen molar-refractivity contribution in [3.63, 3.8) is 0 Å². The summed E-state index contributed by atoms with van der Waals surface area (Å²) in [5.74, 6) is 1.75. The molecule has 0 heterocycles. The molecule has 0 saturated carbocycles. The van der Waals surface area contributed by atoms with Crippen molar-refractivity contribution < 1.29 is 0 Å². The predicted molar refractivity (Wildman–Crippen MR) is 67.5 cm³/mol. The molecule has 0 aliphatic carbocycles. The first-order valence-corrected chi connectivity index (χ1v) is 6.60. The lowest BCUT2D eigenvalue weighted by Crippen LogP contribution is -1.97. The lowest BCUT2D eigenvalue weighted by atomic mass is 10.2. The van der Waals surface area contributed by atoms with E-state index in [0.29, 0.717) is 5.25 Å². The van der Waals surface area contributed by atoms with E-state index in [2.05, 4.69) is 13.0 Å². The molecule has 1 rings (SSSR count). The van der Waals surface area contributed by atoms with Gasteiger partial charge in [-0.05, 0) is 24.1 Å². The molecule has 14 heavy (non-hydrogen) atoms. The molecule has 1 unspecified atom stereocenters. The summed E-state index contributed by atoms with van der Waals surface area (Å²) in [6, 6.07) is 8.01. The van der Waals surface area contributed by atoms with E-state index in [0.717, 1.165) is 23.1 Å². The molecule has 0 nitrogen and oxygen atoms in total. The Bertz CT molecular complexity index is 276. The van der Waals surface area contributed by atoms with Gasteiger partial charge in [-0.25, -0.2) is 0 Å². The fourth-order valence-corrected chi connectivity index (χ4v) is 2.71. The number of hydrogen-bond donors (Lipinski definition) is 0. The fourth-order valence-electron chi connectivity index (χ4n) is 1.10. The highest BCUT2D eigenvalue weighted by Crippen LogP contribution is 2.21. The zero-order valence-corrected chi connectivity index (χ0v) is 10.5. The van der Waals surface area contributed by atoms with Gasteiger partial charge >= 0.3 is 0 Å². The largest absolute Gasteiger partial charge is 0.154 e. The quantitative estimate of drug-likeness (QED) is 0.688. The normalized spacial score (nSPS) is 12.8. The first kappa shape index (κ1) is 12.2. The summed E-state index contributed by atoms with van der Waals surface area (Å²) in [6.45, 7) is 2.21. The SMILES string of the molecule is CC(CCCl)SCc1cccc(Cl)c1. The van der Waals surface area contributed by atoms with Gasteiger partial charge in [0.2, 0.25) is 0 Å². The number of benzene rings is 1. The molecule has 0 radical (unpaired) electrons. The Hall–Kier alpha value is 0.150. The van der Waals surface area contributed by atoms with E-state index in [1.807, 2.05) is 30.0 Å². The Morgan fingerprint density at radius 3 is 2.86 bits per heavy atom. The molecule has 0 aromatic heterocycles. The van der Waals surface area contributed by atoms with Gasteiger partial charge in [0.15, 0.2) is 0 Å². The number of thioether (sulfide) groups is 1. The van der Waals surface area contributed by atoms with Crippen molar-refractivity contribution in [2.45, 2.75) is 24.3 Å². The van der Waals surface area contributed by atoms with E-state index >= 15 is 0 Å². The first-order chi connectivity index (χ1) is 6.72. The maximum atomic E-state index is 5.89. The summed E-state index contributed by atoms with van der Waals surface area (Å²) in [5, 5.41) is 1.43. The third kappa shape index (κ3) is 4.59. The summed E-state index contributed by atoms with van der Waals surface area (Å²) < 4.78 is 0. The molecule has 3 heteroatoms. The van der Waals surface area contributed by atoms with Crippen LogP contribution in [0.15, 0.2) is 24.3 Å². The average molecular weight is 249 g/mol. The summed E-state index contributed by atoms with van der Waals surface area (Å²) in [4.78, 5) is 0. The average Bonchev–Trinajstić information content (AvgIpc) is 2.15. The van der Waals surface area contributed by atoms with E-state index in [1.165, 1.54) is 5.56 Å². The third-order valence-electron chi connectivity index (χ3n) is 1.94. The van der Waals surface area contributed by atoms with Crippen molar-refractivity contribution in [3.8, 4) is 0 Å². The fraction of sp³-hybridized carbons (Fsp3) is 0.455. The zero-order chi connectivity index (χ0) is 10.4. The second-order valence-corrected chi connectivity index (χ2v) is 5.47. The van der Waals surface area contributed by atoms with Gasteiger partial charge in [0.25, 0.3) is 0 Å². The minimum Gasteiger partial charge on any atom is -0.154 e. The molecule has 1 atom stereocenters. The van der Waals surface area contributed by atoms with Crippen molar-refractivity contribution in [1.29, 1.82) is 0 Å². The van der Waals surface area contributed by atoms with Crippen LogP contribution in [0.5, 0.6) is 0 Å². The summed E-state index contributed by atoms with van der Waals surface area (Å²) in [5.41, 5.74) is 1.28. The number of halogens is 2. The molecule has 0 bridgehead atoms. The van der Waals surface area contributed by atoms with Gasteiger partial charge in [-0.2, -0.15) is 11.8 Å². The van der Waals surface area contributed by atoms with Crippen LogP contribution in [0.25, 0.3) is 0 Å². The maximum absolute atomic E-state index is 5.89. The molecule has 0 aliphatic heterocycles. The molecular formula is C11H14Cl2S. The van der Waals surface area contributed by atoms with Crippen molar-refractivity contribution >= 4 is 35.0 Å². The van der Waals surface area contributed by atoms with Gasteiger partial charge in [0, 0.05) is 21.9 Å². The van der Waals surface area contributed by atoms with E-state index in [-0.39, 0.29) is 0 Å². The maximum Gasteiger partial charge on any atom is 0.0409 e. The Kier molecular flexibility index (Phi) is 5.76. The van der Waals surface area contributed by atoms with Crippen LogP contribution in [-0.2, 0) is 5.75 Å². The predicted octanol–water partition coefficient (Wildman–Crippen LogP) is 4.59. The van der Waals surface area contributed by atoms with Crippen molar-refractivity contribution in [3.05, 3.63) is 34.9 Å². The molecule has 0 fully saturated rings. The molecule has 78 valence electrons. The number of rotatable bonds is 5. The molecule has 0 spiro atoms. The first-order valence-electron chi connectivity index (χ1n) is 4.64. The van der Waals surface area contributed by atoms with Crippen LogP contribution in [0, 0.1) is 0 Å². The van der Waals surface area contributed by atoms with Gasteiger partial charge in [-0.1, -0.05) is 30.7 Å². The molecule has 0 N–H and O–H groups in total. The standard InChI is InChI=1S/C11H14Cl2S/c1-9(5-6-12)14-8-10-3-2-4-11(13)7-10/h2-4,7,9H,5-6,8H2,1H3. The van der Waals surface area contributed by atoms with E-state index in [9.17, 15) is 0 Å². The molecule has 0 amide bonds.